The lowest BCUT2D eigenvalue weighted by molar-refractivity contribution is 0.181. The molecule has 2 N–H and O–H groups in total. The van der Waals surface area contributed by atoms with Gasteiger partial charge in [-0.1, -0.05) is 26.7 Å². The predicted molar refractivity (Wildman–Crippen MR) is 85.8 cm³/mol. The third-order valence-electron chi connectivity index (χ3n) is 4.77. The number of piperidine rings is 1. The molecule has 2 fully saturated rings. The van der Waals surface area contributed by atoms with Crippen LogP contribution in [-0.2, 0) is 10.0 Å². The van der Waals surface area contributed by atoms with Gasteiger partial charge in [0.1, 0.15) is 0 Å². The van der Waals surface area contributed by atoms with Gasteiger partial charge in [-0.15, -0.1) is 12.4 Å². The summed E-state index contributed by atoms with van der Waals surface area (Å²) in [4.78, 5) is 0. The molecule has 1 unspecified atom stereocenters. The maximum absolute atomic E-state index is 12.1. The Balaban J connectivity index is 0.00000200. The van der Waals surface area contributed by atoms with Crippen molar-refractivity contribution in [3.63, 3.8) is 0 Å². The lowest BCUT2D eigenvalue weighted by atomic mass is 9.78. The number of sulfonamides is 1. The van der Waals surface area contributed by atoms with Crippen LogP contribution < -0.4 is 10.0 Å². The van der Waals surface area contributed by atoms with Crippen LogP contribution in [0.4, 0.5) is 0 Å². The summed E-state index contributed by atoms with van der Waals surface area (Å²) in [5.41, 5.74) is 0.175. The fourth-order valence-corrected chi connectivity index (χ4v) is 4.87. The van der Waals surface area contributed by atoms with E-state index in [1.54, 1.807) is 0 Å². The molecule has 1 heterocycles. The highest BCUT2D eigenvalue weighted by Gasteiger charge is 2.33. The second-order valence-corrected chi connectivity index (χ2v) is 8.73. The normalized spacial score (nSPS) is 27.2. The van der Waals surface area contributed by atoms with Gasteiger partial charge >= 0.3 is 0 Å². The molecule has 1 aliphatic heterocycles. The second kappa shape index (κ2) is 7.43. The van der Waals surface area contributed by atoms with E-state index in [0.717, 1.165) is 25.8 Å². The first-order valence-electron chi connectivity index (χ1n) is 7.60. The first-order chi connectivity index (χ1) is 8.89. The van der Waals surface area contributed by atoms with Crippen molar-refractivity contribution >= 4 is 22.4 Å². The number of hydrogen-bond donors (Lipinski definition) is 2. The fraction of sp³-hybridized carbons (Fsp3) is 1.00. The molecular formula is C14H29ClN2O2S. The molecule has 1 aliphatic carbocycles. The molecule has 0 radical (unpaired) electrons. The van der Waals surface area contributed by atoms with Crippen LogP contribution in [-0.4, -0.2) is 33.3 Å². The highest BCUT2D eigenvalue weighted by atomic mass is 35.5. The lowest BCUT2D eigenvalue weighted by Crippen LogP contribution is -2.53. The zero-order chi connectivity index (χ0) is 13.9. The minimum atomic E-state index is -3.10. The summed E-state index contributed by atoms with van der Waals surface area (Å²) in [6, 6.07) is 0.250. The standard InChI is InChI=1S/C14H28N2O2S.ClH/c1-14(2)8-5-9-15-13(14)10-16-19(17,18)11-12-6-3-4-7-12;/h12-13,15-16H,3-11H2,1-2H3;1H. The Morgan fingerprint density at radius 3 is 2.45 bits per heavy atom. The Morgan fingerprint density at radius 2 is 1.85 bits per heavy atom. The summed E-state index contributed by atoms with van der Waals surface area (Å²) in [6.45, 7) is 5.96. The molecule has 1 saturated carbocycles. The largest absolute Gasteiger partial charge is 0.312 e. The number of halogens is 1. The van der Waals surface area contributed by atoms with Gasteiger partial charge in [0.25, 0.3) is 0 Å². The highest BCUT2D eigenvalue weighted by Crippen LogP contribution is 2.30. The Bertz CT molecular complexity index is 392. The van der Waals surface area contributed by atoms with Crippen LogP contribution >= 0.6 is 12.4 Å². The van der Waals surface area contributed by atoms with Crippen molar-refractivity contribution in [1.82, 2.24) is 10.0 Å². The molecule has 4 nitrogen and oxygen atoms in total. The van der Waals surface area contributed by atoms with E-state index in [2.05, 4.69) is 23.9 Å². The second-order valence-electron chi connectivity index (χ2n) is 6.88. The van der Waals surface area contributed by atoms with Crippen LogP contribution in [0, 0.1) is 11.3 Å². The third-order valence-corrected chi connectivity index (χ3v) is 6.29. The first-order valence-corrected chi connectivity index (χ1v) is 9.25. The molecule has 0 aromatic heterocycles. The Labute approximate surface area is 129 Å². The van der Waals surface area contributed by atoms with E-state index in [4.69, 9.17) is 0 Å². The molecule has 0 aromatic carbocycles. The van der Waals surface area contributed by atoms with E-state index in [9.17, 15) is 8.42 Å². The monoisotopic (exact) mass is 324 g/mol. The van der Waals surface area contributed by atoms with Crippen molar-refractivity contribution in [2.45, 2.75) is 58.4 Å². The van der Waals surface area contributed by atoms with E-state index in [1.165, 1.54) is 19.3 Å². The number of rotatable bonds is 5. The van der Waals surface area contributed by atoms with Gasteiger partial charge < -0.3 is 5.32 Å². The quantitative estimate of drug-likeness (QED) is 0.816. The van der Waals surface area contributed by atoms with Gasteiger partial charge in [-0.3, -0.25) is 0 Å². The van der Waals surface area contributed by atoms with Gasteiger partial charge in [-0.2, -0.15) is 0 Å². The smallest absolute Gasteiger partial charge is 0.211 e. The molecule has 2 rings (SSSR count). The van der Waals surface area contributed by atoms with E-state index >= 15 is 0 Å². The minimum Gasteiger partial charge on any atom is -0.312 e. The number of nitrogens with one attached hydrogen (secondary N) is 2. The van der Waals surface area contributed by atoms with E-state index in [-0.39, 0.29) is 23.9 Å². The predicted octanol–water partition coefficient (Wildman–Crippen LogP) is 2.30. The number of hydrogen-bond acceptors (Lipinski definition) is 3. The average molecular weight is 325 g/mol. The third kappa shape index (κ3) is 5.17. The molecule has 2 aliphatic rings. The fourth-order valence-electron chi connectivity index (χ4n) is 3.38. The molecule has 20 heavy (non-hydrogen) atoms. The van der Waals surface area contributed by atoms with Crippen molar-refractivity contribution in [2.24, 2.45) is 11.3 Å². The van der Waals surface area contributed by atoms with Crippen molar-refractivity contribution in [3.8, 4) is 0 Å². The van der Waals surface area contributed by atoms with Crippen molar-refractivity contribution in [1.29, 1.82) is 0 Å². The summed E-state index contributed by atoms with van der Waals surface area (Å²) in [7, 11) is -3.10. The van der Waals surface area contributed by atoms with Crippen LogP contribution in [0.3, 0.4) is 0 Å². The Kier molecular flexibility index (Phi) is 6.77. The van der Waals surface area contributed by atoms with Crippen molar-refractivity contribution in [2.75, 3.05) is 18.8 Å². The summed E-state index contributed by atoms with van der Waals surface area (Å²) >= 11 is 0. The zero-order valence-corrected chi connectivity index (χ0v) is 14.3. The van der Waals surface area contributed by atoms with Crippen LogP contribution in [0.25, 0.3) is 0 Å². The topological polar surface area (TPSA) is 58.2 Å². The van der Waals surface area contributed by atoms with Crippen LogP contribution in [0.5, 0.6) is 0 Å². The van der Waals surface area contributed by atoms with E-state index < -0.39 is 10.0 Å². The molecule has 1 atom stereocenters. The molecule has 1 saturated heterocycles. The molecule has 0 bridgehead atoms. The summed E-state index contributed by atoms with van der Waals surface area (Å²) in [5.74, 6) is 0.699. The molecular weight excluding hydrogens is 296 g/mol. The Morgan fingerprint density at radius 1 is 1.20 bits per heavy atom. The van der Waals surface area contributed by atoms with Gasteiger partial charge in [0.2, 0.25) is 10.0 Å². The molecule has 0 aromatic rings. The minimum absolute atomic E-state index is 0. The maximum atomic E-state index is 12.1. The maximum Gasteiger partial charge on any atom is 0.211 e. The highest BCUT2D eigenvalue weighted by molar-refractivity contribution is 7.89. The molecule has 120 valence electrons. The van der Waals surface area contributed by atoms with Crippen LogP contribution in [0.1, 0.15) is 52.4 Å². The first kappa shape index (κ1) is 18.2. The van der Waals surface area contributed by atoms with Gasteiger partial charge in [-0.25, -0.2) is 13.1 Å². The SMILES string of the molecule is CC1(C)CCCNC1CNS(=O)(=O)CC1CCCC1.Cl. The zero-order valence-electron chi connectivity index (χ0n) is 12.7. The van der Waals surface area contributed by atoms with Gasteiger partial charge in [-0.05, 0) is 43.6 Å². The van der Waals surface area contributed by atoms with Crippen LogP contribution in [0.15, 0.2) is 0 Å². The van der Waals surface area contributed by atoms with E-state index in [0.29, 0.717) is 18.2 Å². The summed E-state index contributed by atoms with van der Waals surface area (Å²) in [5, 5.41) is 3.45. The van der Waals surface area contributed by atoms with Crippen molar-refractivity contribution in [3.05, 3.63) is 0 Å². The molecule has 0 amide bonds. The molecule has 0 spiro atoms. The van der Waals surface area contributed by atoms with Gasteiger partial charge in [0, 0.05) is 12.6 Å². The average Bonchev–Trinajstić information content (AvgIpc) is 2.79. The summed E-state index contributed by atoms with van der Waals surface area (Å²) in [6.07, 6.45) is 6.88. The van der Waals surface area contributed by atoms with Crippen molar-refractivity contribution < 1.29 is 8.42 Å². The van der Waals surface area contributed by atoms with Gasteiger partial charge in [0.05, 0.1) is 5.75 Å². The Hall–Kier alpha value is 0.160. The summed E-state index contributed by atoms with van der Waals surface area (Å²) < 4.78 is 27.0. The van der Waals surface area contributed by atoms with E-state index in [1.807, 2.05) is 0 Å². The van der Waals surface area contributed by atoms with Gasteiger partial charge in [0.15, 0.2) is 0 Å². The van der Waals surface area contributed by atoms with Crippen LogP contribution in [0.2, 0.25) is 0 Å². The lowest BCUT2D eigenvalue weighted by Gasteiger charge is -2.39. The molecule has 6 heteroatoms.